The van der Waals surface area contributed by atoms with Gasteiger partial charge in [0.1, 0.15) is 5.84 Å². The first-order valence-corrected chi connectivity index (χ1v) is 12.1. The monoisotopic (exact) mass is 444 g/mol. The van der Waals surface area contributed by atoms with Gasteiger partial charge in [0.15, 0.2) is 0 Å². The van der Waals surface area contributed by atoms with Crippen molar-refractivity contribution in [2.75, 3.05) is 39.4 Å². The first kappa shape index (κ1) is 23.1. The number of allylic oxidation sites excluding steroid dienone is 4. The van der Waals surface area contributed by atoms with Crippen LogP contribution >= 0.6 is 0 Å². The van der Waals surface area contributed by atoms with Gasteiger partial charge in [-0.25, -0.2) is 4.99 Å². The van der Waals surface area contributed by atoms with Gasteiger partial charge >= 0.3 is 0 Å². The molecule has 4 rings (SSSR count). The van der Waals surface area contributed by atoms with Gasteiger partial charge in [-0.3, -0.25) is 0 Å². The standard InChI is InChI=1S/C28H36N4O/c1-5-21(3)23-9-7-10-24(19-23)28(30-22(4)31-15-17-33-18-16-31)26-12-14-32(27(26)6-2)25-11-8-13-29-20-25/h6-11,19-20,29H,3,5,12-18H2,1-2,4H3/b27-6+,28-26-,30-22?. The normalized spacial score (nSPS) is 21.8. The van der Waals surface area contributed by atoms with E-state index >= 15 is 0 Å². The number of ether oxygens (including phenoxy) is 1. The third-order valence-corrected chi connectivity index (χ3v) is 6.54. The van der Waals surface area contributed by atoms with Crippen molar-refractivity contribution in [3.05, 3.63) is 83.4 Å². The lowest BCUT2D eigenvalue weighted by atomic mass is 9.98. The highest BCUT2D eigenvalue weighted by molar-refractivity contribution is 5.88. The lowest BCUT2D eigenvalue weighted by Crippen LogP contribution is -2.39. The molecule has 33 heavy (non-hydrogen) atoms. The minimum Gasteiger partial charge on any atom is -0.386 e. The van der Waals surface area contributed by atoms with E-state index in [2.05, 4.69) is 91.2 Å². The lowest BCUT2D eigenvalue weighted by molar-refractivity contribution is 0.0678. The van der Waals surface area contributed by atoms with Crippen molar-refractivity contribution in [1.82, 2.24) is 15.1 Å². The minimum absolute atomic E-state index is 0.756. The second-order valence-corrected chi connectivity index (χ2v) is 8.58. The molecule has 174 valence electrons. The molecule has 3 aliphatic rings. The van der Waals surface area contributed by atoms with Crippen molar-refractivity contribution in [3.8, 4) is 0 Å². The molecule has 0 saturated carbocycles. The van der Waals surface area contributed by atoms with Crippen molar-refractivity contribution < 1.29 is 4.74 Å². The van der Waals surface area contributed by atoms with E-state index in [4.69, 9.17) is 9.73 Å². The van der Waals surface area contributed by atoms with Crippen LogP contribution in [0.3, 0.4) is 0 Å². The first-order chi connectivity index (χ1) is 16.1. The highest BCUT2D eigenvalue weighted by atomic mass is 16.5. The summed E-state index contributed by atoms with van der Waals surface area (Å²) in [6.07, 6.45) is 10.6. The van der Waals surface area contributed by atoms with Crippen LogP contribution in [0.5, 0.6) is 0 Å². The number of benzene rings is 1. The highest BCUT2D eigenvalue weighted by Crippen LogP contribution is 2.38. The molecule has 0 radical (unpaired) electrons. The van der Waals surface area contributed by atoms with E-state index in [9.17, 15) is 0 Å². The van der Waals surface area contributed by atoms with Crippen molar-refractivity contribution in [2.24, 2.45) is 4.99 Å². The van der Waals surface area contributed by atoms with E-state index in [1.165, 1.54) is 22.5 Å². The first-order valence-electron chi connectivity index (χ1n) is 12.1. The smallest absolute Gasteiger partial charge is 0.102 e. The number of dihydropyridines is 1. The van der Waals surface area contributed by atoms with Crippen molar-refractivity contribution in [2.45, 2.75) is 33.6 Å². The van der Waals surface area contributed by atoms with Crippen molar-refractivity contribution in [3.63, 3.8) is 0 Å². The number of rotatable bonds is 5. The third kappa shape index (κ3) is 5.14. The molecule has 2 saturated heterocycles. The Kier molecular flexibility index (Phi) is 7.50. The molecule has 3 heterocycles. The summed E-state index contributed by atoms with van der Waals surface area (Å²) in [6.45, 7) is 15.8. The van der Waals surface area contributed by atoms with E-state index < -0.39 is 0 Å². The predicted molar refractivity (Wildman–Crippen MR) is 138 cm³/mol. The zero-order valence-electron chi connectivity index (χ0n) is 20.2. The van der Waals surface area contributed by atoms with Crippen molar-refractivity contribution >= 4 is 17.1 Å². The fourth-order valence-corrected chi connectivity index (χ4v) is 4.62. The minimum atomic E-state index is 0.756. The van der Waals surface area contributed by atoms with E-state index in [-0.39, 0.29) is 0 Å². The van der Waals surface area contributed by atoms with Gasteiger partial charge in [-0.15, -0.1) is 0 Å². The fraction of sp³-hybridized carbons (Fsp3) is 0.393. The Bertz CT molecular complexity index is 1040. The molecule has 5 nitrogen and oxygen atoms in total. The molecule has 0 unspecified atom stereocenters. The number of likely N-dealkylation sites (tertiary alicyclic amines) is 1. The summed E-state index contributed by atoms with van der Waals surface area (Å²) in [7, 11) is 0. The number of amidine groups is 1. The van der Waals surface area contributed by atoms with E-state index in [0.29, 0.717) is 0 Å². The molecule has 1 N–H and O–H groups in total. The van der Waals surface area contributed by atoms with Crippen LogP contribution in [0.15, 0.2) is 77.2 Å². The fourth-order valence-electron chi connectivity index (χ4n) is 4.62. The Balaban J connectivity index is 1.80. The molecule has 2 fully saturated rings. The molecule has 0 amide bonds. The van der Waals surface area contributed by atoms with Crippen LogP contribution in [0.4, 0.5) is 0 Å². The molecule has 0 spiro atoms. The Labute approximate surface area is 198 Å². The number of aliphatic imine (C=N–C) groups is 1. The molecule has 3 aliphatic heterocycles. The summed E-state index contributed by atoms with van der Waals surface area (Å²) >= 11 is 0. The molecular weight excluding hydrogens is 408 g/mol. The molecule has 5 heteroatoms. The van der Waals surface area contributed by atoms with Crippen LogP contribution < -0.4 is 5.32 Å². The molecule has 0 aliphatic carbocycles. The second kappa shape index (κ2) is 10.7. The summed E-state index contributed by atoms with van der Waals surface area (Å²) in [6, 6.07) is 8.71. The van der Waals surface area contributed by atoms with Gasteiger partial charge in [-0.1, -0.05) is 43.9 Å². The van der Waals surface area contributed by atoms with Crippen LogP contribution in [-0.2, 0) is 4.74 Å². The highest BCUT2D eigenvalue weighted by Gasteiger charge is 2.28. The molecule has 0 bridgehead atoms. The van der Waals surface area contributed by atoms with Crippen LogP contribution in [0, 0.1) is 0 Å². The van der Waals surface area contributed by atoms with E-state index in [1.807, 2.05) is 0 Å². The van der Waals surface area contributed by atoms with Gasteiger partial charge in [-0.05, 0) is 50.0 Å². The average molecular weight is 445 g/mol. The molecule has 0 aromatic heterocycles. The summed E-state index contributed by atoms with van der Waals surface area (Å²) in [5, 5.41) is 3.34. The van der Waals surface area contributed by atoms with E-state index in [1.54, 1.807) is 0 Å². The maximum atomic E-state index is 5.56. The van der Waals surface area contributed by atoms with Crippen LogP contribution in [-0.4, -0.2) is 55.0 Å². The quantitative estimate of drug-likeness (QED) is 0.502. The number of morpholine rings is 1. The molecule has 0 atom stereocenters. The number of nitrogens with zero attached hydrogens (tertiary/aromatic N) is 3. The summed E-state index contributed by atoms with van der Waals surface area (Å²) in [4.78, 5) is 10.00. The summed E-state index contributed by atoms with van der Waals surface area (Å²) in [5.41, 5.74) is 8.29. The van der Waals surface area contributed by atoms with Crippen molar-refractivity contribution in [1.29, 1.82) is 0 Å². The van der Waals surface area contributed by atoms with Gasteiger partial charge in [0.25, 0.3) is 0 Å². The van der Waals surface area contributed by atoms with Crippen LogP contribution in [0.25, 0.3) is 11.3 Å². The zero-order valence-corrected chi connectivity index (χ0v) is 20.2. The SMILES string of the molecule is C=C(CC)c1cccc(/C(N=C(C)N2CCOCC2)=C2\CCN(C3=CNCC=C3)\C2=C\C)c1. The second-order valence-electron chi connectivity index (χ2n) is 8.58. The maximum absolute atomic E-state index is 5.56. The van der Waals surface area contributed by atoms with Crippen LogP contribution in [0.2, 0.25) is 0 Å². The van der Waals surface area contributed by atoms with E-state index in [0.717, 1.165) is 74.9 Å². The lowest BCUT2D eigenvalue weighted by Gasteiger charge is -2.29. The molecule has 1 aromatic carbocycles. The topological polar surface area (TPSA) is 40.1 Å². The maximum Gasteiger partial charge on any atom is 0.102 e. The Morgan fingerprint density at radius 1 is 1.21 bits per heavy atom. The van der Waals surface area contributed by atoms with Gasteiger partial charge in [0, 0.05) is 49.2 Å². The van der Waals surface area contributed by atoms with Gasteiger partial charge in [0.2, 0.25) is 0 Å². The molecule has 1 aromatic rings. The Morgan fingerprint density at radius 2 is 2.00 bits per heavy atom. The summed E-state index contributed by atoms with van der Waals surface area (Å²) in [5.74, 6) is 1.05. The Morgan fingerprint density at radius 3 is 2.70 bits per heavy atom. The number of hydrogen-bond acceptors (Lipinski definition) is 4. The van der Waals surface area contributed by atoms with Gasteiger partial charge in [-0.2, -0.15) is 0 Å². The Hall–Kier alpha value is -3.05. The average Bonchev–Trinajstić information content (AvgIpc) is 3.31. The van der Waals surface area contributed by atoms with Gasteiger partial charge < -0.3 is 19.9 Å². The van der Waals surface area contributed by atoms with Gasteiger partial charge in [0.05, 0.1) is 24.6 Å². The summed E-state index contributed by atoms with van der Waals surface area (Å²) < 4.78 is 5.56. The van der Waals surface area contributed by atoms with Crippen LogP contribution in [0.1, 0.15) is 44.7 Å². The zero-order chi connectivity index (χ0) is 23.2. The number of nitrogens with one attached hydrogen (secondary N) is 1. The predicted octanol–water partition coefficient (Wildman–Crippen LogP) is 5.18. The largest absolute Gasteiger partial charge is 0.386 e. The third-order valence-electron chi connectivity index (χ3n) is 6.54. The number of hydrogen-bond donors (Lipinski definition) is 1. The molecular formula is C28H36N4O.